The van der Waals surface area contributed by atoms with Gasteiger partial charge in [0.1, 0.15) is 12.9 Å². The first-order valence-electron chi connectivity index (χ1n) is 11.9. The minimum absolute atomic E-state index is 0.0994. The number of aromatic nitrogens is 3. The Balaban J connectivity index is 1.25. The topological polar surface area (TPSA) is 136 Å². The quantitative estimate of drug-likeness (QED) is 0.465. The number of carbonyl (C=O) groups excluding carboxylic acids is 1. The first-order chi connectivity index (χ1) is 16.5. The fraction of sp³-hybridized carbons (Fsp3) is 0.542. The van der Waals surface area contributed by atoms with Crippen molar-refractivity contribution >= 4 is 23.4 Å². The summed E-state index contributed by atoms with van der Waals surface area (Å²) >= 11 is 0. The van der Waals surface area contributed by atoms with E-state index in [2.05, 4.69) is 25.0 Å². The van der Waals surface area contributed by atoms with Crippen LogP contribution in [0.2, 0.25) is 0 Å². The third-order valence-corrected chi connectivity index (χ3v) is 6.79. The lowest BCUT2D eigenvalue weighted by molar-refractivity contribution is -0.138. The molecule has 182 valence electrons. The van der Waals surface area contributed by atoms with Crippen molar-refractivity contribution < 1.29 is 9.63 Å². The molecule has 2 aromatic heterocycles. The standard InChI is InChI=1S/C24H34N8O2/c1-34-30-21(12-17-2-7-27-22(25)13-17)19-5-10-32(11-6-19)23(33)20-3-8-31(9-4-20)16-18-14-28-24(26)29-15-18/h2,7,13-15,19-20H,3-6,8-12,16H2,1H3,(H2,25,27)(H2,26,28,29)/b30-21-. The number of nitrogen functional groups attached to an aromatic ring is 2. The molecule has 0 bridgehead atoms. The Kier molecular flexibility index (Phi) is 7.89. The highest BCUT2D eigenvalue weighted by molar-refractivity contribution is 5.89. The number of likely N-dealkylation sites (tertiary alicyclic amines) is 2. The highest BCUT2D eigenvalue weighted by Gasteiger charge is 2.32. The predicted octanol–water partition coefficient (Wildman–Crippen LogP) is 1.73. The van der Waals surface area contributed by atoms with Crippen molar-refractivity contribution in [1.82, 2.24) is 24.8 Å². The van der Waals surface area contributed by atoms with Crippen molar-refractivity contribution in [2.45, 2.75) is 38.6 Å². The number of carbonyl (C=O) groups is 1. The lowest BCUT2D eigenvalue weighted by Gasteiger charge is -2.37. The first kappa shape index (κ1) is 23.9. The van der Waals surface area contributed by atoms with Gasteiger partial charge in [-0.05, 0) is 56.5 Å². The fourth-order valence-electron chi connectivity index (χ4n) is 4.92. The van der Waals surface area contributed by atoms with Gasteiger partial charge in [-0.3, -0.25) is 9.69 Å². The van der Waals surface area contributed by atoms with Crippen molar-refractivity contribution in [1.29, 1.82) is 0 Å². The van der Waals surface area contributed by atoms with Gasteiger partial charge in [0, 0.05) is 62.0 Å². The van der Waals surface area contributed by atoms with Crippen LogP contribution >= 0.6 is 0 Å². The molecule has 2 fully saturated rings. The molecule has 0 saturated carbocycles. The zero-order valence-corrected chi connectivity index (χ0v) is 19.8. The van der Waals surface area contributed by atoms with Crippen LogP contribution in [0.1, 0.15) is 36.8 Å². The molecule has 0 unspecified atom stereocenters. The second kappa shape index (κ2) is 11.2. The minimum Gasteiger partial charge on any atom is -0.399 e. The number of piperidine rings is 2. The van der Waals surface area contributed by atoms with Gasteiger partial charge in [0.25, 0.3) is 0 Å². The number of rotatable bonds is 7. The zero-order chi connectivity index (χ0) is 23.9. The number of hydrogen-bond donors (Lipinski definition) is 2. The summed E-state index contributed by atoms with van der Waals surface area (Å²) < 4.78 is 0. The molecule has 0 aliphatic carbocycles. The Morgan fingerprint density at radius 1 is 1.03 bits per heavy atom. The molecule has 2 aromatic rings. The lowest BCUT2D eigenvalue weighted by atomic mass is 9.87. The molecule has 2 aliphatic rings. The minimum atomic E-state index is 0.0994. The summed E-state index contributed by atoms with van der Waals surface area (Å²) in [7, 11) is 1.58. The van der Waals surface area contributed by atoms with Crippen molar-refractivity contribution in [2.24, 2.45) is 17.0 Å². The van der Waals surface area contributed by atoms with E-state index in [9.17, 15) is 4.79 Å². The van der Waals surface area contributed by atoms with E-state index in [1.54, 1.807) is 25.7 Å². The fourth-order valence-corrected chi connectivity index (χ4v) is 4.92. The third kappa shape index (κ3) is 6.19. The molecular weight excluding hydrogens is 432 g/mol. The summed E-state index contributed by atoms with van der Waals surface area (Å²) in [6, 6.07) is 3.82. The van der Waals surface area contributed by atoms with E-state index in [-0.39, 0.29) is 5.92 Å². The summed E-state index contributed by atoms with van der Waals surface area (Å²) in [6.45, 7) is 4.10. The normalized spacial score (nSPS) is 18.7. The molecule has 10 heteroatoms. The average Bonchev–Trinajstić information content (AvgIpc) is 2.85. The van der Waals surface area contributed by atoms with E-state index in [0.717, 1.165) is 75.2 Å². The van der Waals surface area contributed by atoms with E-state index in [1.165, 1.54) is 0 Å². The summed E-state index contributed by atoms with van der Waals surface area (Å²) in [5, 5.41) is 4.31. The number of nitrogens with zero attached hydrogens (tertiary/aromatic N) is 6. The Morgan fingerprint density at radius 2 is 1.71 bits per heavy atom. The van der Waals surface area contributed by atoms with Crippen LogP contribution in [0.25, 0.3) is 0 Å². The van der Waals surface area contributed by atoms with Gasteiger partial charge >= 0.3 is 0 Å². The predicted molar refractivity (Wildman–Crippen MR) is 131 cm³/mol. The van der Waals surface area contributed by atoms with Crippen LogP contribution in [0.4, 0.5) is 11.8 Å². The SMILES string of the molecule is CO/N=C(/Cc1ccnc(N)c1)C1CCN(C(=O)C2CCN(Cc3cnc(N)nc3)CC2)CC1. The molecule has 10 nitrogen and oxygen atoms in total. The average molecular weight is 467 g/mol. The van der Waals surface area contributed by atoms with Gasteiger partial charge in [-0.25, -0.2) is 15.0 Å². The van der Waals surface area contributed by atoms with Crippen LogP contribution in [-0.4, -0.2) is 69.7 Å². The van der Waals surface area contributed by atoms with Gasteiger partial charge in [-0.2, -0.15) is 0 Å². The van der Waals surface area contributed by atoms with E-state index >= 15 is 0 Å². The number of anilines is 2. The summed E-state index contributed by atoms with van der Waals surface area (Å²) in [6.07, 6.45) is 9.49. The Labute approximate surface area is 200 Å². The maximum Gasteiger partial charge on any atom is 0.225 e. The molecule has 0 aromatic carbocycles. The van der Waals surface area contributed by atoms with Gasteiger partial charge in [0.15, 0.2) is 0 Å². The van der Waals surface area contributed by atoms with Crippen molar-refractivity contribution in [3.63, 3.8) is 0 Å². The van der Waals surface area contributed by atoms with E-state index in [4.69, 9.17) is 16.3 Å². The van der Waals surface area contributed by atoms with Crippen molar-refractivity contribution in [3.8, 4) is 0 Å². The van der Waals surface area contributed by atoms with Crippen LogP contribution in [-0.2, 0) is 22.6 Å². The van der Waals surface area contributed by atoms with Crippen LogP contribution in [0.15, 0.2) is 35.9 Å². The zero-order valence-electron chi connectivity index (χ0n) is 19.8. The maximum absolute atomic E-state index is 13.2. The number of amides is 1. The highest BCUT2D eigenvalue weighted by Crippen LogP contribution is 2.26. The van der Waals surface area contributed by atoms with Gasteiger partial charge in [0.2, 0.25) is 11.9 Å². The molecule has 4 rings (SSSR count). The molecule has 4 N–H and O–H groups in total. The maximum atomic E-state index is 13.2. The second-order valence-electron chi connectivity index (χ2n) is 9.13. The molecule has 1 amide bonds. The van der Waals surface area contributed by atoms with Gasteiger partial charge < -0.3 is 21.2 Å². The van der Waals surface area contributed by atoms with Gasteiger partial charge in [-0.15, -0.1) is 0 Å². The molecule has 2 aliphatic heterocycles. The van der Waals surface area contributed by atoms with E-state index in [0.29, 0.717) is 30.0 Å². The van der Waals surface area contributed by atoms with Gasteiger partial charge in [0.05, 0.1) is 5.71 Å². The summed E-state index contributed by atoms with van der Waals surface area (Å²) in [5.74, 6) is 1.48. The molecule has 0 spiro atoms. The van der Waals surface area contributed by atoms with Crippen molar-refractivity contribution in [2.75, 3.05) is 44.8 Å². The van der Waals surface area contributed by atoms with Crippen LogP contribution in [0.3, 0.4) is 0 Å². The van der Waals surface area contributed by atoms with Crippen LogP contribution < -0.4 is 11.5 Å². The Morgan fingerprint density at radius 3 is 2.35 bits per heavy atom. The Hall–Kier alpha value is -3.27. The third-order valence-electron chi connectivity index (χ3n) is 6.79. The van der Waals surface area contributed by atoms with Crippen LogP contribution in [0.5, 0.6) is 0 Å². The Bertz CT molecular complexity index is 981. The summed E-state index contributed by atoms with van der Waals surface area (Å²) in [4.78, 5) is 34.9. The second-order valence-corrected chi connectivity index (χ2v) is 9.13. The smallest absolute Gasteiger partial charge is 0.225 e. The molecule has 0 atom stereocenters. The monoisotopic (exact) mass is 466 g/mol. The molecule has 4 heterocycles. The van der Waals surface area contributed by atoms with Gasteiger partial charge in [-0.1, -0.05) is 5.16 Å². The van der Waals surface area contributed by atoms with E-state index in [1.807, 2.05) is 17.0 Å². The lowest BCUT2D eigenvalue weighted by Crippen LogP contribution is -2.46. The molecular formula is C24H34N8O2. The largest absolute Gasteiger partial charge is 0.399 e. The number of nitrogens with two attached hydrogens (primary N) is 2. The molecule has 34 heavy (non-hydrogen) atoms. The molecule has 0 radical (unpaired) electrons. The van der Waals surface area contributed by atoms with Crippen LogP contribution in [0, 0.1) is 11.8 Å². The summed E-state index contributed by atoms with van der Waals surface area (Å²) in [5.41, 5.74) is 14.5. The number of oxime groups is 1. The number of hydrogen-bond acceptors (Lipinski definition) is 9. The first-order valence-corrected chi connectivity index (χ1v) is 11.9. The number of pyridine rings is 1. The van der Waals surface area contributed by atoms with E-state index < -0.39 is 0 Å². The highest BCUT2D eigenvalue weighted by atomic mass is 16.6. The van der Waals surface area contributed by atoms with Crippen molar-refractivity contribution in [3.05, 3.63) is 41.9 Å². The molecule has 2 saturated heterocycles.